The maximum absolute atomic E-state index is 11.9. The van der Waals surface area contributed by atoms with Gasteiger partial charge in [-0.05, 0) is 12.8 Å². The smallest absolute Gasteiger partial charge is 0.306 e. The van der Waals surface area contributed by atoms with Crippen LogP contribution in [0.15, 0.2) is 0 Å². The fraction of sp³-hybridized carbons (Fsp3) is 0.917. The molecule has 0 bridgehead atoms. The summed E-state index contributed by atoms with van der Waals surface area (Å²) in [4.78, 5) is 20.7. The van der Waals surface area contributed by atoms with E-state index in [0.29, 0.717) is 0 Å². The summed E-state index contributed by atoms with van der Waals surface area (Å²) >= 11 is 0. The van der Waals surface area contributed by atoms with Crippen LogP contribution in [0.25, 0.3) is 0 Å². The first-order valence-electron chi connectivity index (χ1n) is 7.63. The lowest BCUT2D eigenvalue weighted by molar-refractivity contribution is -0.527. The van der Waals surface area contributed by atoms with Gasteiger partial charge in [-0.25, -0.2) is 9.68 Å². The third kappa shape index (κ3) is 6.36. The molecule has 0 aromatic carbocycles. The van der Waals surface area contributed by atoms with E-state index in [0.717, 1.165) is 0 Å². The summed E-state index contributed by atoms with van der Waals surface area (Å²) in [5.41, 5.74) is 0. The molecule has 13 heteroatoms. The third-order valence-electron chi connectivity index (χ3n) is 3.79. The summed E-state index contributed by atoms with van der Waals surface area (Å²) in [5.74, 6) is -0.519. The zero-order valence-electron chi connectivity index (χ0n) is 13.2. The summed E-state index contributed by atoms with van der Waals surface area (Å²) in [6.07, 6.45) is -2.90. The van der Waals surface area contributed by atoms with Crippen LogP contribution in [0.5, 0.6) is 0 Å². The van der Waals surface area contributed by atoms with Gasteiger partial charge in [0.05, 0.1) is 24.0 Å². The molecule has 0 saturated carbocycles. The Morgan fingerprint density at radius 3 is 2.52 bits per heavy atom. The van der Waals surface area contributed by atoms with Crippen LogP contribution < -0.4 is 0 Å². The predicted molar refractivity (Wildman–Crippen MR) is 70.9 cm³/mol. The Labute approximate surface area is 142 Å². The molecule has 5 N–H and O–H groups in total. The van der Waals surface area contributed by atoms with Crippen LogP contribution in [-0.2, 0) is 28.7 Å². The molecule has 5 atom stereocenters. The Balaban J connectivity index is 1.68. The highest BCUT2D eigenvalue weighted by Crippen LogP contribution is 2.29. The number of ether oxygens (including phenoxy) is 3. The molecule has 0 amide bonds. The number of hydrogen-bond donors (Lipinski definition) is 5. The molecular weight excluding hydrogens is 348 g/mol. The SMILES string of the molecule is O=C(CCCC(CON(O)O)ON(O)O)OC1CO[C@H]2[C@@H]1OC[C@@H]2O. The number of carbonyl (C=O) groups is 1. The first kappa shape index (κ1) is 20.3. The summed E-state index contributed by atoms with van der Waals surface area (Å²) in [7, 11) is 0. The number of nitrogens with zero attached hydrogens (tertiary/aromatic N) is 2. The molecule has 2 unspecified atom stereocenters. The maximum atomic E-state index is 11.9. The number of aliphatic hydroxyl groups excluding tert-OH is 1. The van der Waals surface area contributed by atoms with Crippen LogP contribution in [0, 0.1) is 0 Å². The standard InChI is InChI=1S/C12H22N2O11/c15-8-5-21-12-9(6-22-11(8)12)24-10(16)3-1-2-7(25-14(19)20)4-23-13(17)18/h7-9,11-12,15,17-20H,1-6H2/t7?,8-,9?,11+,12+/m0/s1. The van der Waals surface area contributed by atoms with Gasteiger partial charge >= 0.3 is 5.97 Å². The monoisotopic (exact) mass is 370 g/mol. The van der Waals surface area contributed by atoms with E-state index < -0.39 is 53.9 Å². The Kier molecular flexibility index (Phi) is 7.85. The van der Waals surface area contributed by atoms with E-state index in [1.807, 2.05) is 0 Å². The number of carbonyl (C=O) groups excluding carboxylic acids is 1. The molecule has 13 nitrogen and oxygen atoms in total. The molecule has 2 fully saturated rings. The van der Waals surface area contributed by atoms with Gasteiger partial charge in [-0.1, -0.05) is 0 Å². The van der Waals surface area contributed by atoms with Crippen LogP contribution >= 0.6 is 0 Å². The molecule has 25 heavy (non-hydrogen) atoms. The largest absolute Gasteiger partial charge is 0.457 e. The van der Waals surface area contributed by atoms with E-state index in [4.69, 9.17) is 35.0 Å². The van der Waals surface area contributed by atoms with Crippen molar-refractivity contribution < 1.29 is 54.6 Å². The number of hydrogen-bond acceptors (Lipinski definition) is 13. The maximum Gasteiger partial charge on any atom is 0.306 e. The van der Waals surface area contributed by atoms with Gasteiger partial charge in [-0.15, -0.1) is 0 Å². The zero-order chi connectivity index (χ0) is 18.4. The van der Waals surface area contributed by atoms with E-state index in [1.165, 1.54) is 0 Å². The van der Waals surface area contributed by atoms with E-state index in [1.54, 1.807) is 0 Å². The minimum Gasteiger partial charge on any atom is -0.457 e. The molecule has 0 spiro atoms. The normalized spacial score (nSPS) is 30.0. The molecule has 0 radical (unpaired) electrons. The summed E-state index contributed by atoms with van der Waals surface area (Å²) < 4.78 is 15.9. The van der Waals surface area contributed by atoms with Crippen molar-refractivity contribution in [2.75, 3.05) is 19.8 Å². The first-order valence-corrected chi connectivity index (χ1v) is 7.63. The fourth-order valence-electron chi connectivity index (χ4n) is 2.70. The molecule has 2 aliphatic heterocycles. The molecular formula is C12H22N2O11. The van der Waals surface area contributed by atoms with Crippen molar-refractivity contribution in [3.8, 4) is 0 Å². The van der Waals surface area contributed by atoms with Crippen molar-refractivity contribution in [1.29, 1.82) is 0 Å². The van der Waals surface area contributed by atoms with Crippen molar-refractivity contribution in [3.63, 3.8) is 0 Å². The minimum atomic E-state index is -0.961. The van der Waals surface area contributed by atoms with Gasteiger partial charge in [-0.3, -0.25) is 25.6 Å². The average molecular weight is 370 g/mol. The van der Waals surface area contributed by atoms with Crippen LogP contribution in [0.3, 0.4) is 0 Å². The van der Waals surface area contributed by atoms with Gasteiger partial charge in [0.2, 0.25) is 0 Å². The highest BCUT2D eigenvalue weighted by atomic mass is 17.1. The molecule has 0 aliphatic carbocycles. The fourth-order valence-corrected chi connectivity index (χ4v) is 2.70. The van der Waals surface area contributed by atoms with E-state index in [9.17, 15) is 9.90 Å². The molecule has 2 rings (SSSR count). The van der Waals surface area contributed by atoms with Gasteiger partial charge in [0, 0.05) is 6.42 Å². The Morgan fingerprint density at radius 2 is 1.84 bits per heavy atom. The minimum absolute atomic E-state index is 0.00484. The second-order valence-corrected chi connectivity index (χ2v) is 5.61. The van der Waals surface area contributed by atoms with Crippen LogP contribution in [-0.4, -0.2) is 93.0 Å². The quantitative estimate of drug-likeness (QED) is 0.225. The topological polar surface area (TPSA) is 171 Å². The van der Waals surface area contributed by atoms with Crippen LogP contribution in [0.1, 0.15) is 19.3 Å². The second-order valence-electron chi connectivity index (χ2n) is 5.61. The van der Waals surface area contributed by atoms with Gasteiger partial charge in [0.25, 0.3) is 0 Å². The Bertz CT molecular complexity index is 424. The second kappa shape index (κ2) is 9.65. The van der Waals surface area contributed by atoms with Crippen molar-refractivity contribution in [3.05, 3.63) is 0 Å². The van der Waals surface area contributed by atoms with Crippen molar-refractivity contribution in [1.82, 2.24) is 10.8 Å². The summed E-state index contributed by atoms with van der Waals surface area (Å²) in [6, 6.07) is 0. The molecule has 2 saturated heterocycles. The molecule has 146 valence electrons. The molecule has 2 heterocycles. The lowest BCUT2D eigenvalue weighted by atomic mass is 10.1. The highest BCUT2D eigenvalue weighted by Gasteiger charge is 2.48. The van der Waals surface area contributed by atoms with Crippen LogP contribution in [0.4, 0.5) is 0 Å². The van der Waals surface area contributed by atoms with E-state index in [2.05, 4.69) is 9.68 Å². The number of rotatable bonds is 10. The van der Waals surface area contributed by atoms with Gasteiger partial charge < -0.3 is 19.3 Å². The lowest BCUT2D eigenvalue weighted by Gasteiger charge is -2.19. The van der Waals surface area contributed by atoms with Gasteiger partial charge in [0.15, 0.2) is 6.10 Å². The summed E-state index contributed by atoms with van der Waals surface area (Å²) in [5, 5.41) is 42.7. The first-order chi connectivity index (χ1) is 11.9. The summed E-state index contributed by atoms with van der Waals surface area (Å²) in [6.45, 7) is -0.135. The van der Waals surface area contributed by atoms with Crippen LogP contribution in [0.2, 0.25) is 0 Å². The van der Waals surface area contributed by atoms with E-state index in [-0.39, 0.29) is 32.5 Å². The highest BCUT2D eigenvalue weighted by molar-refractivity contribution is 5.69. The predicted octanol–water partition coefficient (Wildman–Crippen LogP) is -1.38. The number of fused-ring (bicyclic) bond motifs is 1. The Morgan fingerprint density at radius 1 is 1.12 bits per heavy atom. The lowest BCUT2D eigenvalue weighted by Crippen LogP contribution is -2.34. The zero-order valence-corrected chi connectivity index (χ0v) is 13.2. The van der Waals surface area contributed by atoms with Crippen molar-refractivity contribution in [2.24, 2.45) is 0 Å². The van der Waals surface area contributed by atoms with Gasteiger partial charge in [0.1, 0.15) is 31.0 Å². The van der Waals surface area contributed by atoms with Crippen molar-refractivity contribution in [2.45, 2.75) is 49.8 Å². The average Bonchev–Trinajstić information content (AvgIpc) is 3.08. The number of aliphatic hydroxyl groups is 1. The van der Waals surface area contributed by atoms with Gasteiger partial charge in [-0.2, -0.15) is 0 Å². The molecule has 0 aromatic rings. The number of esters is 1. The molecule has 0 aromatic heterocycles. The van der Waals surface area contributed by atoms with Crippen molar-refractivity contribution >= 4 is 5.97 Å². The molecule has 2 aliphatic rings. The Hall–Kier alpha value is -0.970. The third-order valence-corrected chi connectivity index (χ3v) is 3.79. The van der Waals surface area contributed by atoms with E-state index >= 15 is 0 Å².